The highest BCUT2D eigenvalue weighted by molar-refractivity contribution is 7.99. The summed E-state index contributed by atoms with van der Waals surface area (Å²) in [4.78, 5) is 26.3. The van der Waals surface area contributed by atoms with Gasteiger partial charge in [0, 0.05) is 12.3 Å². The molecule has 116 valence electrons. The third kappa shape index (κ3) is 4.03. The van der Waals surface area contributed by atoms with Crippen molar-refractivity contribution in [2.45, 2.75) is 33.2 Å². The summed E-state index contributed by atoms with van der Waals surface area (Å²) in [5.41, 5.74) is 0.509. The van der Waals surface area contributed by atoms with E-state index in [4.69, 9.17) is 4.42 Å². The van der Waals surface area contributed by atoms with Crippen molar-refractivity contribution in [3.63, 3.8) is 0 Å². The van der Waals surface area contributed by atoms with Crippen LogP contribution in [0.2, 0.25) is 0 Å². The van der Waals surface area contributed by atoms with E-state index in [1.54, 1.807) is 29.7 Å². The number of carbonyl (C=O) groups is 2. The van der Waals surface area contributed by atoms with Crippen LogP contribution in [0, 0.1) is 12.8 Å². The Morgan fingerprint density at radius 3 is 2.90 bits per heavy atom. The second kappa shape index (κ2) is 7.02. The van der Waals surface area contributed by atoms with Crippen LogP contribution in [-0.4, -0.2) is 40.9 Å². The zero-order valence-electron chi connectivity index (χ0n) is 12.7. The highest BCUT2D eigenvalue weighted by atomic mass is 32.2. The van der Waals surface area contributed by atoms with Crippen LogP contribution in [0.3, 0.4) is 0 Å². The van der Waals surface area contributed by atoms with Crippen LogP contribution >= 0.6 is 11.8 Å². The van der Waals surface area contributed by atoms with Crippen molar-refractivity contribution in [3.05, 3.63) is 23.7 Å². The molecule has 2 amide bonds. The summed E-state index contributed by atoms with van der Waals surface area (Å²) in [6.45, 7) is 6.69. The molecule has 1 fully saturated rings. The summed E-state index contributed by atoms with van der Waals surface area (Å²) in [5.74, 6) is 2.25. The zero-order chi connectivity index (χ0) is 15.4. The average Bonchev–Trinajstić information content (AvgIpc) is 3.05. The quantitative estimate of drug-likeness (QED) is 0.906. The number of hydrogen-bond donors (Lipinski definition) is 1. The first-order valence-corrected chi connectivity index (χ1v) is 8.36. The van der Waals surface area contributed by atoms with Crippen molar-refractivity contribution in [2.75, 3.05) is 18.2 Å². The minimum absolute atomic E-state index is 0.0609. The van der Waals surface area contributed by atoms with Crippen molar-refractivity contribution in [3.8, 4) is 0 Å². The molecule has 0 radical (unpaired) electrons. The van der Waals surface area contributed by atoms with E-state index < -0.39 is 0 Å². The second-order valence-corrected chi connectivity index (χ2v) is 6.71. The SMILES string of the molecule is Cc1cc(C(=O)N2CSC[C@H]2C(=O)NCCC(C)C)co1. The van der Waals surface area contributed by atoms with Crippen molar-refractivity contribution in [1.82, 2.24) is 10.2 Å². The molecule has 0 bridgehead atoms. The number of aryl methyl sites for hydroxylation is 1. The summed E-state index contributed by atoms with van der Waals surface area (Å²) < 4.78 is 5.18. The van der Waals surface area contributed by atoms with E-state index in [1.165, 1.54) is 6.26 Å². The fraction of sp³-hybridized carbons (Fsp3) is 0.600. The molecule has 1 aromatic heterocycles. The molecule has 2 heterocycles. The fourth-order valence-electron chi connectivity index (χ4n) is 2.18. The van der Waals surface area contributed by atoms with Crippen molar-refractivity contribution < 1.29 is 14.0 Å². The van der Waals surface area contributed by atoms with Crippen LogP contribution in [0.5, 0.6) is 0 Å². The lowest BCUT2D eigenvalue weighted by molar-refractivity contribution is -0.124. The van der Waals surface area contributed by atoms with Crippen molar-refractivity contribution in [2.24, 2.45) is 5.92 Å². The van der Waals surface area contributed by atoms with E-state index >= 15 is 0 Å². The molecule has 1 N–H and O–H groups in total. The largest absolute Gasteiger partial charge is 0.469 e. The van der Waals surface area contributed by atoms with Gasteiger partial charge in [-0.2, -0.15) is 0 Å². The molecule has 5 nitrogen and oxygen atoms in total. The molecule has 1 aliphatic rings. The standard InChI is InChI=1S/C15H22N2O3S/c1-10(2)4-5-16-14(18)13-8-21-9-17(13)15(19)12-6-11(3)20-7-12/h6-7,10,13H,4-5,8-9H2,1-3H3,(H,16,18)/t13-/m0/s1. The highest BCUT2D eigenvalue weighted by Crippen LogP contribution is 2.24. The molecular weight excluding hydrogens is 288 g/mol. The average molecular weight is 310 g/mol. The molecule has 1 atom stereocenters. The summed E-state index contributed by atoms with van der Waals surface area (Å²) in [6.07, 6.45) is 2.40. The number of carbonyl (C=O) groups excluding carboxylic acids is 2. The molecule has 2 rings (SSSR count). The Morgan fingerprint density at radius 2 is 2.29 bits per heavy atom. The van der Waals surface area contributed by atoms with Crippen LogP contribution in [0.1, 0.15) is 36.4 Å². The molecule has 6 heteroatoms. The molecule has 0 spiro atoms. The molecule has 1 aliphatic heterocycles. The minimum Gasteiger partial charge on any atom is -0.469 e. The number of thioether (sulfide) groups is 1. The molecule has 1 saturated heterocycles. The third-order valence-corrected chi connectivity index (χ3v) is 4.46. The lowest BCUT2D eigenvalue weighted by Gasteiger charge is -2.22. The first-order valence-electron chi connectivity index (χ1n) is 7.20. The van der Waals surface area contributed by atoms with Gasteiger partial charge in [0.05, 0.1) is 11.4 Å². The molecule has 0 aromatic carbocycles. The van der Waals surface area contributed by atoms with Gasteiger partial charge < -0.3 is 14.6 Å². The molecule has 0 saturated carbocycles. The van der Waals surface area contributed by atoms with Gasteiger partial charge in [-0.05, 0) is 25.3 Å². The van der Waals surface area contributed by atoms with Crippen LogP contribution in [-0.2, 0) is 4.79 Å². The minimum atomic E-state index is -0.384. The summed E-state index contributed by atoms with van der Waals surface area (Å²) in [5, 5.41) is 2.93. The van der Waals surface area contributed by atoms with Crippen LogP contribution in [0.15, 0.2) is 16.7 Å². The Kier molecular flexibility index (Phi) is 5.33. The molecule has 0 unspecified atom stereocenters. The third-order valence-electron chi connectivity index (χ3n) is 3.44. The van der Waals surface area contributed by atoms with Gasteiger partial charge in [-0.15, -0.1) is 11.8 Å². The van der Waals surface area contributed by atoms with Crippen LogP contribution in [0.4, 0.5) is 0 Å². The Hall–Kier alpha value is -1.43. The van der Waals surface area contributed by atoms with E-state index in [1.807, 2.05) is 0 Å². The van der Waals surface area contributed by atoms with Gasteiger partial charge in [-0.1, -0.05) is 13.8 Å². The van der Waals surface area contributed by atoms with E-state index in [0.29, 0.717) is 35.4 Å². The van der Waals surface area contributed by atoms with Gasteiger partial charge in [-0.25, -0.2) is 0 Å². The number of nitrogens with one attached hydrogen (secondary N) is 1. The van der Waals surface area contributed by atoms with Gasteiger partial charge in [0.15, 0.2) is 0 Å². The monoisotopic (exact) mass is 310 g/mol. The van der Waals surface area contributed by atoms with Crippen LogP contribution < -0.4 is 5.32 Å². The summed E-state index contributed by atoms with van der Waals surface area (Å²) >= 11 is 1.60. The van der Waals surface area contributed by atoms with E-state index in [-0.39, 0.29) is 17.9 Å². The molecule has 1 aromatic rings. The fourth-order valence-corrected chi connectivity index (χ4v) is 3.34. The number of furan rings is 1. The number of rotatable bonds is 5. The summed E-state index contributed by atoms with van der Waals surface area (Å²) in [6, 6.07) is 1.32. The highest BCUT2D eigenvalue weighted by Gasteiger charge is 2.35. The van der Waals surface area contributed by atoms with Crippen LogP contribution in [0.25, 0.3) is 0 Å². The van der Waals surface area contributed by atoms with E-state index in [0.717, 1.165) is 6.42 Å². The number of hydrogen-bond acceptors (Lipinski definition) is 4. The summed E-state index contributed by atoms with van der Waals surface area (Å²) in [7, 11) is 0. The van der Waals surface area contributed by atoms with Gasteiger partial charge >= 0.3 is 0 Å². The Labute approximate surface area is 129 Å². The number of nitrogens with zero attached hydrogens (tertiary/aromatic N) is 1. The molecule has 0 aliphatic carbocycles. The van der Waals surface area contributed by atoms with Gasteiger partial charge in [0.2, 0.25) is 5.91 Å². The van der Waals surface area contributed by atoms with E-state index in [9.17, 15) is 9.59 Å². The normalized spacial score (nSPS) is 18.3. The molecular formula is C15H22N2O3S. The first kappa shape index (κ1) is 15.9. The topological polar surface area (TPSA) is 62.6 Å². The smallest absolute Gasteiger partial charge is 0.258 e. The van der Waals surface area contributed by atoms with Crippen molar-refractivity contribution in [1.29, 1.82) is 0 Å². The maximum atomic E-state index is 12.4. The Bertz CT molecular complexity index is 513. The van der Waals surface area contributed by atoms with Gasteiger partial charge in [-0.3, -0.25) is 9.59 Å². The lowest BCUT2D eigenvalue weighted by Crippen LogP contribution is -2.47. The van der Waals surface area contributed by atoms with Crippen molar-refractivity contribution >= 4 is 23.6 Å². The van der Waals surface area contributed by atoms with Gasteiger partial charge in [0.1, 0.15) is 18.1 Å². The maximum Gasteiger partial charge on any atom is 0.258 e. The Balaban J connectivity index is 1.96. The van der Waals surface area contributed by atoms with Gasteiger partial charge in [0.25, 0.3) is 5.91 Å². The zero-order valence-corrected chi connectivity index (χ0v) is 13.5. The molecule has 21 heavy (non-hydrogen) atoms. The maximum absolute atomic E-state index is 12.4. The predicted octanol–water partition coefficient (Wildman–Crippen LogP) is 2.27. The predicted molar refractivity (Wildman–Crippen MR) is 83.2 cm³/mol. The first-order chi connectivity index (χ1) is 9.99. The second-order valence-electron chi connectivity index (χ2n) is 5.71. The Morgan fingerprint density at radius 1 is 1.52 bits per heavy atom. The van der Waals surface area contributed by atoms with E-state index in [2.05, 4.69) is 19.2 Å². The number of amides is 2. The lowest BCUT2D eigenvalue weighted by atomic mass is 10.1.